The summed E-state index contributed by atoms with van der Waals surface area (Å²) in [5.41, 5.74) is 2.48. The third kappa shape index (κ3) is 2.35. The zero-order valence-electron chi connectivity index (χ0n) is 10.7. The molecular formula is C14H11FN4O. The lowest BCUT2D eigenvalue weighted by atomic mass is 10.2. The van der Waals surface area contributed by atoms with Crippen LogP contribution >= 0.6 is 0 Å². The average molecular weight is 270 g/mol. The van der Waals surface area contributed by atoms with Crippen molar-refractivity contribution in [2.75, 3.05) is 5.32 Å². The summed E-state index contributed by atoms with van der Waals surface area (Å²) in [6, 6.07) is 6.69. The van der Waals surface area contributed by atoms with Gasteiger partial charge in [-0.05, 0) is 30.7 Å². The number of hydrogen-bond acceptors (Lipinski definition) is 5. The van der Waals surface area contributed by atoms with Crippen LogP contribution in [0, 0.1) is 12.7 Å². The van der Waals surface area contributed by atoms with E-state index in [1.807, 2.05) is 13.0 Å². The quantitative estimate of drug-likeness (QED) is 0.791. The highest BCUT2D eigenvalue weighted by atomic mass is 19.1. The molecule has 0 unspecified atom stereocenters. The maximum absolute atomic E-state index is 13.9. The van der Waals surface area contributed by atoms with Gasteiger partial charge in [0.2, 0.25) is 12.3 Å². The van der Waals surface area contributed by atoms with Crippen LogP contribution in [0.25, 0.3) is 11.5 Å². The second kappa shape index (κ2) is 5.08. The molecule has 1 N–H and O–H groups in total. The third-order valence-electron chi connectivity index (χ3n) is 2.81. The number of nitrogens with one attached hydrogen (secondary N) is 1. The molecule has 5 nitrogen and oxygen atoms in total. The Labute approximate surface area is 114 Å². The first-order chi connectivity index (χ1) is 9.74. The van der Waals surface area contributed by atoms with Gasteiger partial charge in [-0.25, -0.2) is 4.39 Å². The highest BCUT2D eigenvalue weighted by Gasteiger charge is 2.11. The van der Waals surface area contributed by atoms with Crippen molar-refractivity contribution in [1.29, 1.82) is 0 Å². The Morgan fingerprint density at radius 2 is 2.10 bits per heavy atom. The number of aryl methyl sites for hydroxylation is 1. The Balaban J connectivity index is 1.99. The average Bonchev–Trinajstić information content (AvgIpc) is 2.96. The van der Waals surface area contributed by atoms with Gasteiger partial charge in [0.15, 0.2) is 0 Å². The van der Waals surface area contributed by atoms with Crippen molar-refractivity contribution in [1.82, 2.24) is 15.2 Å². The lowest BCUT2D eigenvalue weighted by molar-refractivity contribution is 0.569. The third-order valence-corrected chi connectivity index (χ3v) is 2.81. The van der Waals surface area contributed by atoms with E-state index < -0.39 is 0 Å². The van der Waals surface area contributed by atoms with Crippen LogP contribution in [0.4, 0.5) is 15.8 Å². The topological polar surface area (TPSA) is 63.8 Å². The number of halogens is 1. The maximum atomic E-state index is 13.9. The van der Waals surface area contributed by atoms with E-state index in [0.717, 1.165) is 5.56 Å². The molecule has 0 aliphatic rings. The van der Waals surface area contributed by atoms with E-state index in [-0.39, 0.29) is 5.82 Å². The van der Waals surface area contributed by atoms with E-state index >= 15 is 0 Å². The van der Waals surface area contributed by atoms with E-state index in [2.05, 4.69) is 20.5 Å². The van der Waals surface area contributed by atoms with Crippen molar-refractivity contribution in [3.8, 4) is 11.5 Å². The van der Waals surface area contributed by atoms with Crippen LogP contribution in [0.1, 0.15) is 5.56 Å². The van der Waals surface area contributed by atoms with E-state index in [0.29, 0.717) is 22.8 Å². The van der Waals surface area contributed by atoms with Crippen LogP contribution in [0.3, 0.4) is 0 Å². The molecule has 0 saturated carbocycles. The first kappa shape index (κ1) is 12.3. The molecule has 1 aromatic carbocycles. The fourth-order valence-electron chi connectivity index (χ4n) is 1.84. The SMILES string of the molecule is Cc1ccc(Nc2cnccc2-c2nnco2)c(F)c1. The van der Waals surface area contributed by atoms with E-state index in [1.54, 1.807) is 24.5 Å². The van der Waals surface area contributed by atoms with Crippen molar-refractivity contribution in [3.05, 3.63) is 54.4 Å². The van der Waals surface area contributed by atoms with Gasteiger partial charge in [0.1, 0.15) is 5.82 Å². The standard InChI is InChI=1S/C14H11FN4O/c1-9-2-3-12(11(15)6-9)18-13-7-16-5-4-10(13)14-19-17-8-20-14/h2-8,18H,1H3. The molecular weight excluding hydrogens is 259 g/mol. The first-order valence-corrected chi connectivity index (χ1v) is 5.98. The highest BCUT2D eigenvalue weighted by Crippen LogP contribution is 2.29. The number of rotatable bonds is 3. The minimum atomic E-state index is -0.328. The van der Waals surface area contributed by atoms with Gasteiger partial charge in [0, 0.05) is 6.20 Å². The Morgan fingerprint density at radius 1 is 1.20 bits per heavy atom. The number of hydrogen-bond donors (Lipinski definition) is 1. The second-order valence-electron chi connectivity index (χ2n) is 4.27. The highest BCUT2D eigenvalue weighted by molar-refractivity contribution is 5.75. The molecule has 0 amide bonds. The molecule has 0 aliphatic heterocycles. The molecule has 0 bridgehead atoms. The van der Waals surface area contributed by atoms with Gasteiger partial charge in [-0.15, -0.1) is 10.2 Å². The molecule has 2 heterocycles. The fraction of sp³-hybridized carbons (Fsp3) is 0.0714. The zero-order valence-corrected chi connectivity index (χ0v) is 10.7. The van der Waals surface area contributed by atoms with Crippen molar-refractivity contribution < 1.29 is 8.81 Å². The molecule has 3 aromatic rings. The maximum Gasteiger partial charge on any atom is 0.249 e. The molecule has 3 rings (SSSR count). The molecule has 2 aromatic heterocycles. The monoisotopic (exact) mass is 270 g/mol. The molecule has 20 heavy (non-hydrogen) atoms. The van der Waals surface area contributed by atoms with Gasteiger partial charge in [-0.2, -0.15) is 0 Å². The molecule has 0 fully saturated rings. The smallest absolute Gasteiger partial charge is 0.249 e. The van der Waals surface area contributed by atoms with Crippen LogP contribution in [0.15, 0.2) is 47.5 Å². The first-order valence-electron chi connectivity index (χ1n) is 5.98. The number of benzene rings is 1. The van der Waals surface area contributed by atoms with Crippen LogP contribution < -0.4 is 5.32 Å². The summed E-state index contributed by atoms with van der Waals surface area (Å²) >= 11 is 0. The molecule has 0 radical (unpaired) electrons. The largest absolute Gasteiger partial charge is 0.423 e. The van der Waals surface area contributed by atoms with Gasteiger partial charge in [-0.3, -0.25) is 4.98 Å². The summed E-state index contributed by atoms with van der Waals surface area (Å²) in [6.07, 6.45) is 4.43. The predicted molar refractivity (Wildman–Crippen MR) is 71.9 cm³/mol. The Kier molecular flexibility index (Phi) is 3.12. The summed E-state index contributed by atoms with van der Waals surface area (Å²) in [5.74, 6) is 0.0211. The molecule has 0 saturated heterocycles. The molecule has 0 aliphatic carbocycles. The molecule has 100 valence electrons. The number of anilines is 2. The van der Waals surface area contributed by atoms with Gasteiger partial charge in [0.25, 0.3) is 0 Å². The summed E-state index contributed by atoms with van der Waals surface area (Å²) in [5, 5.41) is 10.5. The Hall–Kier alpha value is -2.76. The van der Waals surface area contributed by atoms with Gasteiger partial charge in [-0.1, -0.05) is 6.07 Å². The van der Waals surface area contributed by atoms with Gasteiger partial charge in [0.05, 0.1) is 23.1 Å². The lowest BCUT2D eigenvalue weighted by Crippen LogP contribution is -1.97. The summed E-state index contributed by atoms with van der Waals surface area (Å²) in [6.45, 7) is 1.83. The molecule has 0 spiro atoms. The van der Waals surface area contributed by atoms with E-state index in [4.69, 9.17) is 4.42 Å². The Bertz CT molecular complexity index is 728. The molecule has 6 heteroatoms. The second-order valence-corrected chi connectivity index (χ2v) is 4.27. The minimum Gasteiger partial charge on any atom is -0.423 e. The van der Waals surface area contributed by atoms with Gasteiger partial charge < -0.3 is 9.73 Å². The molecule has 0 atom stereocenters. The summed E-state index contributed by atoms with van der Waals surface area (Å²) in [7, 11) is 0. The summed E-state index contributed by atoms with van der Waals surface area (Å²) in [4.78, 5) is 4.02. The number of nitrogens with zero attached hydrogens (tertiary/aromatic N) is 3. The fourth-order valence-corrected chi connectivity index (χ4v) is 1.84. The lowest BCUT2D eigenvalue weighted by Gasteiger charge is -2.10. The van der Waals surface area contributed by atoms with Crippen molar-refractivity contribution in [2.24, 2.45) is 0 Å². The van der Waals surface area contributed by atoms with Crippen LogP contribution in [0.5, 0.6) is 0 Å². The number of pyridine rings is 1. The minimum absolute atomic E-state index is 0.328. The van der Waals surface area contributed by atoms with E-state index in [1.165, 1.54) is 12.5 Å². The van der Waals surface area contributed by atoms with Crippen LogP contribution in [-0.4, -0.2) is 15.2 Å². The van der Waals surface area contributed by atoms with E-state index in [9.17, 15) is 4.39 Å². The predicted octanol–water partition coefficient (Wildman–Crippen LogP) is 3.32. The number of aromatic nitrogens is 3. The van der Waals surface area contributed by atoms with Crippen molar-refractivity contribution >= 4 is 11.4 Å². The van der Waals surface area contributed by atoms with Crippen LogP contribution in [0.2, 0.25) is 0 Å². The Morgan fingerprint density at radius 3 is 2.85 bits per heavy atom. The van der Waals surface area contributed by atoms with Crippen molar-refractivity contribution in [3.63, 3.8) is 0 Å². The van der Waals surface area contributed by atoms with Crippen LogP contribution in [-0.2, 0) is 0 Å². The van der Waals surface area contributed by atoms with Gasteiger partial charge >= 0.3 is 0 Å². The zero-order chi connectivity index (χ0) is 13.9. The normalized spacial score (nSPS) is 10.5. The summed E-state index contributed by atoms with van der Waals surface area (Å²) < 4.78 is 19.0. The van der Waals surface area contributed by atoms with Crippen molar-refractivity contribution in [2.45, 2.75) is 6.92 Å².